The van der Waals surface area contributed by atoms with Gasteiger partial charge in [0.25, 0.3) is 0 Å². The van der Waals surface area contributed by atoms with Gasteiger partial charge in [-0.3, -0.25) is 4.79 Å². The summed E-state index contributed by atoms with van der Waals surface area (Å²) in [5.74, 6) is 1.22. The zero-order chi connectivity index (χ0) is 21.3. The average molecular weight is 402 g/mol. The van der Waals surface area contributed by atoms with Crippen LogP contribution in [0.25, 0.3) is 0 Å². The maximum atomic E-state index is 11.8. The van der Waals surface area contributed by atoms with Crippen molar-refractivity contribution in [3.63, 3.8) is 0 Å². The first-order valence-electron chi connectivity index (χ1n) is 9.87. The molecule has 152 valence electrons. The van der Waals surface area contributed by atoms with E-state index in [1.54, 1.807) is 36.5 Å². The molecule has 0 radical (unpaired) electrons. The van der Waals surface area contributed by atoms with Crippen molar-refractivity contribution < 1.29 is 14.8 Å². The number of aromatic nitrogens is 2. The number of fused-ring (bicyclic) bond motifs is 1. The van der Waals surface area contributed by atoms with E-state index < -0.39 is 13.0 Å². The summed E-state index contributed by atoms with van der Waals surface area (Å²) in [6.45, 7) is 2.62. The van der Waals surface area contributed by atoms with Crippen LogP contribution >= 0.6 is 0 Å². The summed E-state index contributed by atoms with van der Waals surface area (Å²) in [6.07, 6.45) is 2.48. The summed E-state index contributed by atoms with van der Waals surface area (Å²) in [7, 11) is -1.50. The second-order valence-electron chi connectivity index (χ2n) is 7.67. The Kier molecular flexibility index (Phi) is 5.52. The smallest absolute Gasteiger partial charge is 0.423 e. The highest BCUT2D eigenvalue weighted by Gasteiger charge is 2.34. The standard InChI is InChI=1S/C22H23BN4O3/c1-13-10-18-16(6-3-7-17(18)21(24)28)20(13)22-25-9-8-19(27-22)26-12-14-4-2-5-15(11-14)23(29)30/h2-9,11,13,20,29-30H,10,12H2,1H3,(H2,24,28)(H,25,26,27). The molecule has 2 atom stereocenters. The predicted octanol–water partition coefficient (Wildman–Crippen LogP) is 1.19. The summed E-state index contributed by atoms with van der Waals surface area (Å²) in [5, 5.41) is 21.9. The molecule has 5 N–H and O–H groups in total. The number of hydrogen-bond donors (Lipinski definition) is 4. The van der Waals surface area contributed by atoms with Crippen LogP contribution in [0.2, 0.25) is 0 Å². The van der Waals surface area contributed by atoms with Crippen LogP contribution in [-0.2, 0) is 13.0 Å². The highest BCUT2D eigenvalue weighted by molar-refractivity contribution is 6.58. The Labute approximate surface area is 175 Å². The third-order valence-electron chi connectivity index (χ3n) is 5.58. The first-order valence-corrected chi connectivity index (χ1v) is 9.87. The van der Waals surface area contributed by atoms with Crippen molar-refractivity contribution in [1.82, 2.24) is 9.97 Å². The summed E-state index contributed by atoms with van der Waals surface area (Å²) in [5.41, 5.74) is 9.52. The Balaban J connectivity index is 1.57. The normalized spacial score (nSPS) is 17.4. The first-order chi connectivity index (χ1) is 14.4. The summed E-state index contributed by atoms with van der Waals surface area (Å²) < 4.78 is 0. The lowest BCUT2D eigenvalue weighted by Gasteiger charge is -2.16. The molecule has 4 rings (SSSR count). The number of rotatable bonds is 6. The number of nitrogens with zero attached hydrogens (tertiary/aromatic N) is 2. The van der Waals surface area contributed by atoms with Gasteiger partial charge in [0, 0.05) is 24.2 Å². The number of carbonyl (C=O) groups is 1. The average Bonchev–Trinajstić information content (AvgIpc) is 3.08. The van der Waals surface area contributed by atoms with Gasteiger partial charge in [-0.25, -0.2) is 9.97 Å². The van der Waals surface area contributed by atoms with E-state index in [-0.39, 0.29) is 11.8 Å². The Morgan fingerprint density at radius 2 is 2.03 bits per heavy atom. The molecule has 0 bridgehead atoms. The van der Waals surface area contributed by atoms with Crippen LogP contribution in [0, 0.1) is 5.92 Å². The van der Waals surface area contributed by atoms with Crippen molar-refractivity contribution >= 4 is 24.3 Å². The molecule has 1 aliphatic carbocycles. The first kappa shape index (κ1) is 20.1. The van der Waals surface area contributed by atoms with Crippen LogP contribution in [0.5, 0.6) is 0 Å². The summed E-state index contributed by atoms with van der Waals surface area (Å²) >= 11 is 0. The minimum atomic E-state index is -1.50. The summed E-state index contributed by atoms with van der Waals surface area (Å²) in [6, 6.07) is 14.5. The number of carbonyl (C=O) groups excluding carboxylic acids is 1. The highest BCUT2D eigenvalue weighted by Crippen LogP contribution is 2.42. The van der Waals surface area contributed by atoms with Gasteiger partial charge < -0.3 is 21.1 Å². The second-order valence-corrected chi connectivity index (χ2v) is 7.67. The lowest BCUT2D eigenvalue weighted by atomic mass is 9.80. The zero-order valence-corrected chi connectivity index (χ0v) is 16.6. The van der Waals surface area contributed by atoms with E-state index in [1.807, 2.05) is 18.2 Å². The molecule has 3 aromatic rings. The zero-order valence-electron chi connectivity index (χ0n) is 16.6. The molecule has 0 fully saturated rings. The van der Waals surface area contributed by atoms with Crippen molar-refractivity contribution in [2.75, 3.05) is 5.32 Å². The van der Waals surface area contributed by atoms with Gasteiger partial charge in [-0.1, -0.05) is 43.3 Å². The van der Waals surface area contributed by atoms with Crippen molar-refractivity contribution in [2.24, 2.45) is 11.7 Å². The van der Waals surface area contributed by atoms with Gasteiger partial charge >= 0.3 is 7.12 Å². The Hall–Kier alpha value is -3.23. The number of primary amides is 1. The molecule has 8 heteroatoms. The van der Waals surface area contributed by atoms with Gasteiger partial charge in [-0.05, 0) is 46.6 Å². The predicted molar refractivity (Wildman–Crippen MR) is 115 cm³/mol. The maximum Gasteiger partial charge on any atom is 0.488 e. The van der Waals surface area contributed by atoms with Crippen LogP contribution in [0.3, 0.4) is 0 Å². The van der Waals surface area contributed by atoms with E-state index in [9.17, 15) is 14.8 Å². The number of anilines is 1. The van der Waals surface area contributed by atoms with Gasteiger partial charge in [0.05, 0.1) is 0 Å². The lowest BCUT2D eigenvalue weighted by Crippen LogP contribution is -2.30. The minimum Gasteiger partial charge on any atom is -0.423 e. The van der Waals surface area contributed by atoms with Crippen LogP contribution < -0.4 is 16.5 Å². The van der Waals surface area contributed by atoms with E-state index >= 15 is 0 Å². The van der Waals surface area contributed by atoms with Crippen LogP contribution in [0.4, 0.5) is 5.82 Å². The van der Waals surface area contributed by atoms with Gasteiger partial charge in [0.15, 0.2) is 0 Å². The van der Waals surface area contributed by atoms with Crippen molar-refractivity contribution in [1.29, 1.82) is 0 Å². The number of nitrogens with two attached hydrogens (primary N) is 1. The maximum absolute atomic E-state index is 11.8. The van der Waals surface area contributed by atoms with E-state index in [0.29, 0.717) is 29.2 Å². The fraction of sp³-hybridized carbons (Fsp3) is 0.227. The number of amides is 1. The second kappa shape index (κ2) is 8.26. The van der Waals surface area contributed by atoms with Gasteiger partial charge in [-0.2, -0.15) is 0 Å². The molecule has 1 amide bonds. The van der Waals surface area contributed by atoms with Crippen LogP contribution in [-0.4, -0.2) is 33.0 Å². The molecule has 1 aliphatic rings. The highest BCUT2D eigenvalue weighted by atomic mass is 16.4. The van der Waals surface area contributed by atoms with Crippen LogP contribution in [0.1, 0.15) is 45.7 Å². The molecular formula is C22H23BN4O3. The molecule has 0 spiro atoms. The fourth-order valence-electron chi connectivity index (χ4n) is 4.17. The Bertz CT molecular complexity index is 1090. The molecule has 1 aromatic heterocycles. The molecule has 0 saturated carbocycles. The lowest BCUT2D eigenvalue weighted by molar-refractivity contribution is 0.0999. The molecule has 30 heavy (non-hydrogen) atoms. The Morgan fingerprint density at radius 3 is 2.80 bits per heavy atom. The van der Waals surface area contributed by atoms with Crippen molar-refractivity contribution in [3.8, 4) is 0 Å². The number of benzene rings is 2. The third-order valence-corrected chi connectivity index (χ3v) is 5.58. The topological polar surface area (TPSA) is 121 Å². The number of hydrogen-bond acceptors (Lipinski definition) is 6. The van der Waals surface area contributed by atoms with Gasteiger partial charge in [0.1, 0.15) is 11.6 Å². The van der Waals surface area contributed by atoms with Crippen LogP contribution in [0.15, 0.2) is 54.7 Å². The molecule has 2 aromatic carbocycles. The number of nitrogens with one attached hydrogen (secondary N) is 1. The van der Waals surface area contributed by atoms with Crippen molar-refractivity contribution in [2.45, 2.75) is 25.8 Å². The fourth-order valence-corrected chi connectivity index (χ4v) is 4.17. The van der Waals surface area contributed by atoms with E-state index in [4.69, 9.17) is 10.7 Å². The summed E-state index contributed by atoms with van der Waals surface area (Å²) in [4.78, 5) is 21.0. The van der Waals surface area contributed by atoms with Gasteiger partial charge in [-0.15, -0.1) is 0 Å². The van der Waals surface area contributed by atoms with Gasteiger partial charge in [0.2, 0.25) is 5.91 Å². The largest absolute Gasteiger partial charge is 0.488 e. The molecule has 2 unspecified atom stereocenters. The van der Waals surface area contributed by atoms with E-state index in [1.165, 1.54) is 0 Å². The van der Waals surface area contributed by atoms with E-state index in [0.717, 1.165) is 23.1 Å². The van der Waals surface area contributed by atoms with Crippen molar-refractivity contribution in [3.05, 3.63) is 82.8 Å². The Morgan fingerprint density at radius 1 is 1.23 bits per heavy atom. The third kappa shape index (κ3) is 3.92. The van der Waals surface area contributed by atoms with E-state index in [2.05, 4.69) is 17.2 Å². The SMILES string of the molecule is CC1Cc2c(C(N)=O)cccc2C1c1nccc(NCc2cccc(B(O)O)c2)n1. The molecular weight excluding hydrogens is 379 g/mol. The monoisotopic (exact) mass is 402 g/mol. The quantitative estimate of drug-likeness (QED) is 0.460. The molecule has 0 aliphatic heterocycles. The molecule has 0 saturated heterocycles. The molecule has 1 heterocycles. The molecule has 7 nitrogen and oxygen atoms in total. The minimum absolute atomic E-state index is 0.00564.